The first-order chi connectivity index (χ1) is 18.0. The number of aromatic amines is 1. The number of carbonyl (C=O) groups excluding carboxylic acids is 3. The van der Waals surface area contributed by atoms with Crippen LogP contribution in [-0.4, -0.2) is 74.0 Å². The number of H-pyrrole nitrogens is 1. The summed E-state index contributed by atoms with van der Waals surface area (Å²) in [6.45, 7) is 3.37. The predicted molar refractivity (Wildman–Crippen MR) is 136 cm³/mol. The van der Waals surface area contributed by atoms with Crippen LogP contribution in [0.2, 0.25) is 0 Å². The van der Waals surface area contributed by atoms with Crippen LogP contribution < -0.4 is 21.7 Å². The average Bonchev–Trinajstić information content (AvgIpc) is 3.39. The van der Waals surface area contributed by atoms with Crippen molar-refractivity contribution in [3.63, 3.8) is 0 Å². The SMILES string of the molecule is CCC(C)C(NC(=O)C(CC(=O)O)NC(=O)C(Cc1cnc[nH]1)NC(=O)C(N)Cc1ccccc1)C(=O)O. The second-order valence-electron chi connectivity index (χ2n) is 9.01. The van der Waals surface area contributed by atoms with Crippen molar-refractivity contribution in [2.24, 2.45) is 11.7 Å². The molecular weight excluding hydrogens is 496 g/mol. The van der Waals surface area contributed by atoms with E-state index < -0.39 is 66.2 Å². The number of benzene rings is 1. The van der Waals surface area contributed by atoms with Crippen molar-refractivity contribution in [1.82, 2.24) is 25.9 Å². The van der Waals surface area contributed by atoms with Gasteiger partial charge in [0, 0.05) is 18.3 Å². The van der Waals surface area contributed by atoms with Crippen molar-refractivity contribution in [3.8, 4) is 0 Å². The molecule has 38 heavy (non-hydrogen) atoms. The number of hydrogen-bond acceptors (Lipinski definition) is 7. The van der Waals surface area contributed by atoms with Crippen LogP contribution in [-0.2, 0) is 36.8 Å². The van der Waals surface area contributed by atoms with Gasteiger partial charge in [0.15, 0.2) is 0 Å². The van der Waals surface area contributed by atoms with Crippen molar-refractivity contribution in [2.45, 2.75) is 63.7 Å². The first-order valence-corrected chi connectivity index (χ1v) is 12.1. The predicted octanol–water partition coefficient (Wildman–Crippen LogP) is -0.418. The van der Waals surface area contributed by atoms with Crippen LogP contribution in [0.5, 0.6) is 0 Å². The summed E-state index contributed by atoms with van der Waals surface area (Å²) in [4.78, 5) is 68.6. The number of nitrogens with one attached hydrogen (secondary N) is 4. The quantitative estimate of drug-likeness (QED) is 0.159. The number of nitrogens with two attached hydrogens (primary N) is 1. The van der Waals surface area contributed by atoms with Crippen molar-refractivity contribution in [2.75, 3.05) is 0 Å². The number of carboxylic acid groups (broad SMARTS) is 2. The maximum Gasteiger partial charge on any atom is 0.326 e. The smallest absolute Gasteiger partial charge is 0.326 e. The highest BCUT2D eigenvalue weighted by Gasteiger charge is 2.33. The maximum atomic E-state index is 13.2. The van der Waals surface area contributed by atoms with Gasteiger partial charge in [0.1, 0.15) is 18.1 Å². The number of carboxylic acids is 2. The van der Waals surface area contributed by atoms with Gasteiger partial charge in [-0.25, -0.2) is 9.78 Å². The summed E-state index contributed by atoms with van der Waals surface area (Å²) in [5, 5.41) is 26.0. The third-order valence-corrected chi connectivity index (χ3v) is 6.04. The summed E-state index contributed by atoms with van der Waals surface area (Å²) in [6.07, 6.45) is 2.62. The molecule has 5 atom stereocenters. The molecule has 5 unspecified atom stereocenters. The molecule has 0 bridgehead atoms. The van der Waals surface area contributed by atoms with Gasteiger partial charge in [-0.3, -0.25) is 19.2 Å². The molecule has 0 radical (unpaired) electrons. The fourth-order valence-corrected chi connectivity index (χ4v) is 3.66. The minimum absolute atomic E-state index is 0.0539. The lowest BCUT2D eigenvalue weighted by atomic mass is 9.98. The van der Waals surface area contributed by atoms with E-state index in [1.165, 1.54) is 12.5 Å². The second-order valence-corrected chi connectivity index (χ2v) is 9.01. The van der Waals surface area contributed by atoms with Gasteiger partial charge >= 0.3 is 11.9 Å². The molecule has 0 spiro atoms. The minimum atomic E-state index is -1.59. The molecule has 8 N–H and O–H groups in total. The number of aliphatic carboxylic acids is 2. The van der Waals surface area contributed by atoms with Gasteiger partial charge in [0.05, 0.1) is 18.8 Å². The minimum Gasteiger partial charge on any atom is -0.481 e. The van der Waals surface area contributed by atoms with Crippen molar-refractivity contribution in [3.05, 3.63) is 54.1 Å². The Hall–Kier alpha value is -4.26. The molecule has 0 saturated carbocycles. The number of amides is 3. The maximum absolute atomic E-state index is 13.2. The summed E-state index contributed by atoms with van der Waals surface area (Å²) in [5.41, 5.74) is 7.36. The first kappa shape index (κ1) is 30.0. The third-order valence-electron chi connectivity index (χ3n) is 6.04. The molecule has 206 valence electrons. The van der Waals surface area contributed by atoms with Crippen molar-refractivity contribution in [1.29, 1.82) is 0 Å². The van der Waals surface area contributed by atoms with E-state index in [0.29, 0.717) is 12.1 Å². The van der Waals surface area contributed by atoms with E-state index in [-0.39, 0.29) is 12.8 Å². The number of aromatic nitrogens is 2. The van der Waals surface area contributed by atoms with Crippen LogP contribution in [0.1, 0.15) is 37.9 Å². The molecule has 13 nitrogen and oxygen atoms in total. The Kier molecular flexibility index (Phi) is 11.4. The van der Waals surface area contributed by atoms with E-state index in [0.717, 1.165) is 5.56 Å². The Morgan fingerprint density at radius 1 is 0.947 bits per heavy atom. The highest BCUT2D eigenvalue weighted by atomic mass is 16.4. The summed E-state index contributed by atoms with van der Waals surface area (Å²) < 4.78 is 0. The molecule has 2 rings (SSSR count). The summed E-state index contributed by atoms with van der Waals surface area (Å²) in [6, 6.07) is 3.95. The zero-order valence-corrected chi connectivity index (χ0v) is 21.2. The number of carbonyl (C=O) groups is 5. The fraction of sp³-hybridized carbons (Fsp3) is 0.440. The van der Waals surface area contributed by atoms with E-state index in [1.54, 1.807) is 38.1 Å². The Bertz CT molecular complexity index is 1090. The van der Waals surface area contributed by atoms with Gasteiger partial charge < -0.3 is 36.9 Å². The van der Waals surface area contributed by atoms with E-state index in [9.17, 15) is 34.2 Å². The molecule has 0 aliphatic rings. The molecule has 1 heterocycles. The van der Waals surface area contributed by atoms with E-state index >= 15 is 0 Å². The van der Waals surface area contributed by atoms with Crippen molar-refractivity contribution >= 4 is 29.7 Å². The standard InChI is InChI=1S/C25H34N6O7/c1-3-14(2)21(25(37)38)31-24(36)19(11-20(32)33)30-23(35)18(10-16-12-27-13-28-16)29-22(34)17(26)9-15-7-5-4-6-8-15/h4-8,12-14,17-19,21H,3,9-11,26H2,1-2H3,(H,27,28)(H,29,34)(H,30,35)(H,31,36)(H,32,33)(H,37,38). The third kappa shape index (κ3) is 9.32. The van der Waals surface area contributed by atoms with Crippen LogP contribution in [0.15, 0.2) is 42.9 Å². The van der Waals surface area contributed by atoms with E-state index in [4.69, 9.17) is 5.73 Å². The Balaban J connectivity index is 2.19. The van der Waals surface area contributed by atoms with Crippen molar-refractivity contribution < 1.29 is 34.2 Å². The summed E-state index contributed by atoms with van der Waals surface area (Å²) >= 11 is 0. The first-order valence-electron chi connectivity index (χ1n) is 12.1. The van der Waals surface area contributed by atoms with Gasteiger partial charge in [-0.2, -0.15) is 0 Å². The normalized spacial score (nSPS) is 14.8. The molecule has 3 amide bonds. The monoisotopic (exact) mass is 530 g/mol. The van der Waals surface area contributed by atoms with Gasteiger partial charge in [-0.1, -0.05) is 50.6 Å². The lowest BCUT2D eigenvalue weighted by Crippen LogP contribution is -2.58. The highest BCUT2D eigenvalue weighted by Crippen LogP contribution is 2.09. The molecule has 2 aromatic rings. The average molecular weight is 531 g/mol. The largest absolute Gasteiger partial charge is 0.481 e. The zero-order valence-electron chi connectivity index (χ0n) is 21.2. The number of rotatable bonds is 15. The van der Waals surface area contributed by atoms with Gasteiger partial charge in [0.25, 0.3) is 0 Å². The topological polar surface area (TPSA) is 217 Å². The number of nitrogens with zero attached hydrogens (tertiary/aromatic N) is 1. The summed E-state index contributed by atoms with van der Waals surface area (Å²) in [5.74, 6) is -5.58. The Morgan fingerprint density at radius 2 is 1.58 bits per heavy atom. The molecule has 1 aromatic carbocycles. The molecule has 0 saturated heterocycles. The van der Waals surface area contributed by atoms with Gasteiger partial charge in [-0.15, -0.1) is 0 Å². The molecular formula is C25H34N6O7. The highest BCUT2D eigenvalue weighted by molar-refractivity contribution is 5.95. The summed E-state index contributed by atoms with van der Waals surface area (Å²) in [7, 11) is 0. The van der Waals surface area contributed by atoms with Gasteiger partial charge in [0.2, 0.25) is 17.7 Å². The van der Waals surface area contributed by atoms with E-state index in [1.807, 2.05) is 6.07 Å². The van der Waals surface area contributed by atoms with Crippen LogP contribution in [0.4, 0.5) is 0 Å². The lowest BCUT2D eigenvalue weighted by Gasteiger charge is -2.26. The number of hydrogen-bond donors (Lipinski definition) is 7. The van der Waals surface area contributed by atoms with Crippen LogP contribution in [0.25, 0.3) is 0 Å². The fourth-order valence-electron chi connectivity index (χ4n) is 3.66. The van der Waals surface area contributed by atoms with Crippen LogP contribution in [0.3, 0.4) is 0 Å². The molecule has 13 heteroatoms. The van der Waals surface area contributed by atoms with E-state index in [2.05, 4.69) is 25.9 Å². The zero-order chi connectivity index (χ0) is 28.2. The lowest BCUT2D eigenvalue weighted by molar-refractivity contribution is -0.144. The van der Waals surface area contributed by atoms with Gasteiger partial charge in [-0.05, 0) is 17.9 Å². The van der Waals surface area contributed by atoms with Crippen LogP contribution in [0, 0.1) is 5.92 Å². The Labute approximate surface area is 219 Å². The molecule has 1 aromatic heterocycles. The Morgan fingerprint density at radius 3 is 2.13 bits per heavy atom. The van der Waals surface area contributed by atoms with Crippen LogP contribution >= 0.6 is 0 Å². The molecule has 0 aliphatic carbocycles. The number of imidazole rings is 1. The molecule has 0 aliphatic heterocycles. The second kappa shape index (κ2) is 14.5. The molecule has 0 fully saturated rings.